The first-order valence-electron chi connectivity index (χ1n) is 6.05. The van der Waals surface area contributed by atoms with Crippen LogP contribution in [0.3, 0.4) is 0 Å². The van der Waals surface area contributed by atoms with Gasteiger partial charge >= 0.3 is 0 Å². The summed E-state index contributed by atoms with van der Waals surface area (Å²) in [5.74, 6) is 1.83. The Morgan fingerprint density at radius 1 is 1.44 bits per heavy atom. The van der Waals surface area contributed by atoms with E-state index in [1.807, 2.05) is 31.4 Å². The highest BCUT2D eigenvalue weighted by molar-refractivity contribution is 5.61. The lowest BCUT2D eigenvalue weighted by Gasteiger charge is -2.21. The largest absolute Gasteiger partial charge is 0.489 e. The van der Waals surface area contributed by atoms with Crippen molar-refractivity contribution in [3.05, 3.63) is 36.0 Å². The number of hydrogen-bond donors (Lipinski definition) is 2. The van der Waals surface area contributed by atoms with Crippen LogP contribution < -0.4 is 15.4 Å². The van der Waals surface area contributed by atoms with Crippen LogP contribution in [0.25, 0.3) is 0 Å². The highest BCUT2D eigenvalue weighted by Gasteiger charge is 2.13. The molecule has 0 saturated heterocycles. The zero-order valence-corrected chi connectivity index (χ0v) is 10.3. The van der Waals surface area contributed by atoms with Crippen molar-refractivity contribution in [1.29, 1.82) is 0 Å². The number of anilines is 2. The molecule has 1 aromatic heterocycles. The van der Waals surface area contributed by atoms with Gasteiger partial charge in [-0.05, 0) is 6.07 Å². The molecule has 2 N–H and O–H groups in total. The van der Waals surface area contributed by atoms with E-state index >= 15 is 0 Å². The van der Waals surface area contributed by atoms with Gasteiger partial charge in [0, 0.05) is 38.0 Å². The van der Waals surface area contributed by atoms with E-state index in [4.69, 9.17) is 4.74 Å². The van der Waals surface area contributed by atoms with Crippen LogP contribution in [0.2, 0.25) is 0 Å². The van der Waals surface area contributed by atoms with E-state index in [2.05, 4.69) is 21.8 Å². The SMILES string of the molecule is Cn1ccc(NCc2cccc3c2OCCN3)n1. The van der Waals surface area contributed by atoms with Crippen molar-refractivity contribution in [3.63, 3.8) is 0 Å². The van der Waals surface area contributed by atoms with Crippen molar-refractivity contribution in [2.24, 2.45) is 7.05 Å². The van der Waals surface area contributed by atoms with Gasteiger partial charge in [-0.2, -0.15) is 5.10 Å². The minimum Gasteiger partial charge on any atom is -0.489 e. The van der Waals surface area contributed by atoms with E-state index in [0.29, 0.717) is 13.2 Å². The third kappa shape index (κ3) is 2.11. The second-order valence-corrected chi connectivity index (χ2v) is 4.30. The molecule has 0 saturated carbocycles. The molecule has 3 rings (SSSR count). The summed E-state index contributed by atoms with van der Waals surface area (Å²) in [6.07, 6.45) is 1.92. The number of hydrogen-bond acceptors (Lipinski definition) is 4. The monoisotopic (exact) mass is 244 g/mol. The minimum atomic E-state index is 0.710. The van der Waals surface area contributed by atoms with Crippen molar-refractivity contribution < 1.29 is 4.74 Å². The molecule has 1 aromatic carbocycles. The van der Waals surface area contributed by atoms with E-state index in [9.17, 15) is 0 Å². The Morgan fingerprint density at radius 3 is 3.22 bits per heavy atom. The third-order valence-corrected chi connectivity index (χ3v) is 2.93. The van der Waals surface area contributed by atoms with Crippen molar-refractivity contribution in [2.45, 2.75) is 6.54 Å². The summed E-state index contributed by atoms with van der Waals surface area (Å²) >= 11 is 0. The van der Waals surface area contributed by atoms with Crippen LogP contribution in [-0.2, 0) is 13.6 Å². The second-order valence-electron chi connectivity index (χ2n) is 4.30. The number of para-hydroxylation sites is 1. The van der Waals surface area contributed by atoms with Crippen LogP contribution in [0.5, 0.6) is 5.75 Å². The topological polar surface area (TPSA) is 51.1 Å². The molecule has 1 aliphatic heterocycles. The maximum atomic E-state index is 5.72. The van der Waals surface area contributed by atoms with Gasteiger partial charge in [0.2, 0.25) is 0 Å². The van der Waals surface area contributed by atoms with Crippen LogP contribution >= 0.6 is 0 Å². The molecule has 0 spiro atoms. The Morgan fingerprint density at radius 2 is 2.39 bits per heavy atom. The minimum absolute atomic E-state index is 0.710. The molecule has 0 bridgehead atoms. The molecule has 0 fully saturated rings. The average Bonchev–Trinajstić information content (AvgIpc) is 2.82. The molecule has 0 unspecified atom stereocenters. The van der Waals surface area contributed by atoms with E-state index in [1.54, 1.807) is 4.68 Å². The van der Waals surface area contributed by atoms with Gasteiger partial charge in [0.25, 0.3) is 0 Å². The number of nitrogens with one attached hydrogen (secondary N) is 2. The van der Waals surface area contributed by atoms with Gasteiger partial charge in [0.1, 0.15) is 18.2 Å². The second kappa shape index (κ2) is 4.60. The molecule has 0 aliphatic carbocycles. The Hall–Kier alpha value is -2.17. The highest BCUT2D eigenvalue weighted by atomic mass is 16.5. The van der Waals surface area contributed by atoms with Gasteiger partial charge < -0.3 is 15.4 Å². The van der Waals surface area contributed by atoms with Crippen molar-refractivity contribution in [1.82, 2.24) is 9.78 Å². The van der Waals surface area contributed by atoms with Crippen molar-refractivity contribution >= 4 is 11.5 Å². The molecule has 0 radical (unpaired) electrons. The first-order chi connectivity index (χ1) is 8.83. The number of aryl methyl sites for hydroxylation is 1. The maximum absolute atomic E-state index is 5.72. The van der Waals surface area contributed by atoms with Crippen LogP contribution in [0, 0.1) is 0 Å². The first kappa shape index (κ1) is 11.0. The van der Waals surface area contributed by atoms with Crippen LogP contribution in [0.1, 0.15) is 5.56 Å². The fraction of sp³-hybridized carbons (Fsp3) is 0.308. The summed E-state index contributed by atoms with van der Waals surface area (Å²) in [7, 11) is 1.91. The summed E-state index contributed by atoms with van der Waals surface area (Å²) in [6, 6.07) is 8.10. The number of nitrogens with zero attached hydrogens (tertiary/aromatic N) is 2. The average molecular weight is 244 g/mol. The molecule has 2 aromatic rings. The Balaban J connectivity index is 1.76. The molecular weight excluding hydrogens is 228 g/mol. The number of rotatable bonds is 3. The van der Waals surface area contributed by atoms with E-state index in [1.165, 1.54) is 0 Å². The Kier molecular flexibility index (Phi) is 2.80. The van der Waals surface area contributed by atoms with Crippen LogP contribution in [-0.4, -0.2) is 22.9 Å². The maximum Gasteiger partial charge on any atom is 0.148 e. The van der Waals surface area contributed by atoms with Crippen molar-refractivity contribution in [2.75, 3.05) is 23.8 Å². The van der Waals surface area contributed by atoms with Gasteiger partial charge in [-0.25, -0.2) is 0 Å². The van der Waals surface area contributed by atoms with Gasteiger partial charge in [-0.3, -0.25) is 4.68 Å². The lowest BCUT2D eigenvalue weighted by Crippen LogP contribution is -2.19. The number of ether oxygens (including phenoxy) is 1. The van der Waals surface area contributed by atoms with Gasteiger partial charge in [0.15, 0.2) is 0 Å². The summed E-state index contributed by atoms with van der Waals surface area (Å²) in [4.78, 5) is 0. The predicted octanol–water partition coefficient (Wildman–Crippen LogP) is 1.84. The standard InChI is InChI=1S/C13H16N4O/c1-17-7-5-12(16-17)15-9-10-3-2-4-11-13(10)18-8-6-14-11/h2-5,7,14H,6,8-9H2,1H3,(H,15,16). The summed E-state index contributed by atoms with van der Waals surface area (Å²) < 4.78 is 7.50. The normalized spacial score (nSPS) is 13.4. The van der Waals surface area contributed by atoms with E-state index < -0.39 is 0 Å². The molecule has 18 heavy (non-hydrogen) atoms. The highest BCUT2D eigenvalue weighted by Crippen LogP contribution is 2.31. The number of benzene rings is 1. The van der Waals surface area contributed by atoms with E-state index in [0.717, 1.165) is 29.4 Å². The molecule has 5 nitrogen and oxygen atoms in total. The first-order valence-corrected chi connectivity index (χ1v) is 6.05. The quantitative estimate of drug-likeness (QED) is 0.865. The van der Waals surface area contributed by atoms with E-state index in [-0.39, 0.29) is 0 Å². The van der Waals surface area contributed by atoms with Gasteiger partial charge in [-0.1, -0.05) is 12.1 Å². The fourth-order valence-electron chi connectivity index (χ4n) is 2.07. The molecule has 1 aliphatic rings. The lowest BCUT2D eigenvalue weighted by atomic mass is 10.1. The van der Waals surface area contributed by atoms with Gasteiger partial charge in [-0.15, -0.1) is 0 Å². The summed E-state index contributed by atoms with van der Waals surface area (Å²) in [6.45, 7) is 2.29. The summed E-state index contributed by atoms with van der Waals surface area (Å²) in [5, 5.41) is 10.9. The molecule has 0 atom stereocenters. The molecular formula is C13H16N4O. The summed E-state index contributed by atoms with van der Waals surface area (Å²) in [5.41, 5.74) is 2.21. The van der Waals surface area contributed by atoms with Crippen LogP contribution in [0.4, 0.5) is 11.5 Å². The smallest absolute Gasteiger partial charge is 0.148 e. The molecule has 94 valence electrons. The fourth-order valence-corrected chi connectivity index (χ4v) is 2.07. The zero-order valence-electron chi connectivity index (χ0n) is 10.3. The Labute approximate surface area is 106 Å². The predicted molar refractivity (Wildman–Crippen MR) is 71.0 cm³/mol. The molecule has 5 heteroatoms. The zero-order chi connectivity index (χ0) is 12.4. The molecule has 2 heterocycles. The van der Waals surface area contributed by atoms with Gasteiger partial charge in [0.05, 0.1) is 5.69 Å². The number of fused-ring (bicyclic) bond motifs is 1. The molecule has 0 amide bonds. The third-order valence-electron chi connectivity index (χ3n) is 2.93. The van der Waals surface area contributed by atoms with Crippen LogP contribution in [0.15, 0.2) is 30.5 Å². The number of aromatic nitrogens is 2. The Bertz CT molecular complexity index is 550. The lowest BCUT2D eigenvalue weighted by molar-refractivity contribution is 0.320. The van der Waals surface area contributed by atoms with Crippen molar-refractivity contribution in [3.8, 4) is 5.75 Å².